The van der Waals surface area contributed by atoms with Gasteiger partial charge in [-0.15, -0.1) is 0 Å². The Morgan fingerprint density at radius 1 is 1.40 bits per heavy atom. The predicted octanol–water partition coefficient (Wildman–Crippen LogP) is 1.88. The third kappa shape index (κ3) is 2.61. The summed E-state index contributed by atoms with van der Waals surface area (Å²) in [6, 6.07) is 3.50. The standard InChI is InChI=1S/C13H12F3NO3/c1-20-11(18)7-17-6-5-8-9(12(17)19)3-2-4-10(8)13(14,15)16/h2-4H,5-7H2,1H3. The Morgan fingerprint density at radius 3 is 2.70 bits per heavy atom. The number of halogens is 3. The van der Waals surface area contributed by atoms with Gasteiger partial charge in [0.05, 0.1) is 12.7 Å². The lowest BCUT2D eigenvalue weighted by Crippen LogP contribution is -2.41. The van der Waals surface area contributed by atoms with Crippen molar-refractivity contribution in [1.29, 1.82) is 0 Å². The molecule has 1 heterocycles. The van der Waals surface area contributed by atoms with E-state index in [4.69, 9.17) is 0 Å². The third-order valence-corrected chi connectivity index (χ3v) is 3.18. The number of esters is 1. The van der Waals surface area contributed by atoms with Gasteiger partial charge >= 0.3 is 12.1 Å². The highest BCUT2D eigenvalue weighted by Crippen LogP contribution is 2.35. The lowest BCUT2D eigenvalue weighted by atomic mass is 9.93. The van der Waals surface area contributed by atoms with Crippen LogP contribution in [0, 0.1) is 0 Å². The van der Waals surface area contributed by atoms with Crippen LogP contribution in [-0.4, -0.2) is 37.0 Å². The monoisotopic (exact) mass is 287 g/mol. The van der Waals surface area contributed by atoms with Crippen molar-refractivity contribution in [1.82, 2.24) is 4.90 Å². The lowest BCUT2D eigenvalue weighted by molar-refractivity contribution is -0.142. The molecule has 0 aliphatic carbocycles. The van der Waals surface area contributed by atoms with Gasteiger partial charge in [-0.05, 0) is 24.1 Å². The number of carbonyl (C=O) groups excluding carboxylic acids is 2. The first-order chi connectivity index (χ1) is 9.34. The van der Waals surface area contributed by atoms with Crippen LogP contribution in [0.4, 0.5) is 13.2 Å². The van der Waals surface area contributed by atoms with E-state index >= 15 is 0 Å². The van der Waals surface area contributed by atoms with Crippen molar-refractivity contribution < 1.29 is 27.5 Å². The average molecular weight is 287 g/mol. The van der Waals surface area contributed by atoms with Crippen LogP contribution in [0.2, 0.25) is 0 Å². The van der Waals surface area contributed by atoms with Gasteiger partial charge in [0, 0.05) is 12.1 Å². The highest BCUT2D eigenvalue weighted by Gasteiger charge is 2.37. The second-order valence-electron chi connectivity index (χ2n) is 4.38. The van der Waals surface area contributed by atoms with E-state index < -0.39 is 23.6 Å². The molecule has 1 amide bonds. The average Bonchev–Trinajstić information content (AvgIpc) is 2.40. The van der Waals surface area contributed by atoms with Gasteiger partial charge in [0.25, 0.3) is 5.91 Å². The molecule has 0 spiro atoms. The number of rotatable bonds is 2. The quantitative estimate of drug-likeness (QED) is 0.780. The van der Waals surface area contributed by atoms with Gasteiger partial charge in [0.2, 0.25) is 0 Å². The largest absolute Gasteiger partial charge is 0.468 e. The van der Waals surface area contributed by atoms with Gasteiger partial charge < -0.3 is 9.64 Å². The molecule has 7 heteroatoms. The van der Waals surface area contributed by atoms with E-state index in [-0.39, 0.29) is 30.6 Å². The molecule has 2 rings (SSSR count). The fourth-order valence-corrected chi connectivity index (χ4v) is 2.21. The lowest BCUT2D eigenvalue weighted by Gasteiger charge is -2.29. The summed E-state index contributed by atoms with van der Waals surface area (Å²) < 4.78 is 43.1. The highest BCUT2D eigenvalue weighted by molar-refractivity contribution is 5.98. The number of alkyl halides is 3. The first kappa shape index (κ1) is 14.4. The van der Waals surface area contributed by atoms with Gasteiger partial charge in [-0.2, -0.15) is 13.2 Å². The molecule has 0 saturated carbocycles. The summed E-state index contributed by atoms with van der Waals surface area (Å²) in [6.45, 7) is -0.195. The molecule has 4 nitrogen and oxygen atoms in total. The summed E-state index contributed by atoms with van der Waals surface area (Å²) in [4.78, 5) is 24.5. The van der Waals surface area contributed by atoms with E-state index in [9.17, 15) is 22.8 Å². The minimum absolute atomic E-state index is 0.00465. The maximum atomic E-state index is 12.9. The van der Waals surface area contributed by atoms with E-state index in [0.717, 1.165) is 6.07 Å². The Morgan fingerprint density at radius 2 is 2.10 bits per heavy atom. The molecular formula is C13H12F3NO3. The molecule has 108 valence electrons. The van der Waals surface area contributed by atoms with Crippen LogP contribution in [0.15, 0.2) is 18.2 Å². The number of amides is 1. The Labute approximate surface area is 113 Å². The first-order valence-electron chi connectivity index (χ1n) is 5.89. The van der Waals surface area contributed by atoms with Gasteiger partial charge in [0.15, 0.2) is 0 Å². The Balaban J connectivity index is 2.34. The molecule has 0 unspecified atom stereocenters. The molecular weight excluding hydrogens is 275 g/mol. The van der Waals surface area contributed by atoms with Gasteiger partial charge in [0.1, 0.15) is 6.54 Å². The van der Waals surface area contributed by atoms with E-state index in [0.29, 0.717) is 0 Å². The second kappa shape index (κ2) is 5.15. The van der Waals surface area contributed by atoms with E-state index in [2.05, 4.69) is 4.74 Å². The normalized spacial score (nSPS) is 15.0. The molecule has 1 aromatic rings. The maximum absolute atomic E-state index is 12.9. The summed E-state index contributed by atoms with van der Waals surface area (Å²) in [6.07, 6.45) is -4.43. The minimum atomic E-state index is -4.49. The zero-order valence-electron chi connectivity index (χ0n) is 10.7. The number of methoxy groups -OCH3 is 1. The number of carbonyl (C=O) groups is 2. The number of nitrogens with zero attached hydrogens (tertiary/aromatic N) is 1. The van der Waals surface area contributed by atoms with Crippen molar-refractivity contribution in [3.05, 3.63) is 34.9 Å². The molecule has 20 heavy (non-hydrogen) atoms. The van der Waals surface area contributed by atoms with Crippen LogP contribution >= 0.6 is 0 Å². The molecule has 1 aromatic carbocycles. The molecule has 1 aliphatic rings. The summed E-state index contributed by atoms with van der Waals surface area (Å²) in [5.41, 5.74) is -0.804. The number of ether oxygens (including phenoxy) is 1. The van der Waals surface area contributed by atoms with E-state index in [1.54, 1.807) is 0 Å². The summed E-state index contributed by atoms with van der Waals surface area (Å²) in [7, 11) is 1.19. The number of hydrogen-bond acceptors (Lipinski definition) is 3. The van der Waals surface area contributed by atoms with Crippen molar-refractivity contribution >= 4 is 11.9 Å². The number of fused-ring (bicyclic) bond motifs is 1. The highest BCUT2D eigenvalue weighted by atomic mass is 19.4. The molecule has 0 radical (unpaired) electrons. The van der Waals surface area contributed by atoms with E-state index in [1.807, 2.05) is 0 Å². The molecule has 0 bridgehead atoms. The number of benzene rings is 1. The fourth-order valence-electron chi connectivity index (χ4n) is 2.21. The van der Waals surface area contributed by atoms with Gasteiger partial charge in [-0.1, -0.05) is 6.07 Å². The van der Waals surface area contributed by atoms with Crippen molar-refractivity contribution in [2.45, 2.75) is 12.6 Å². The smallest absolute Gasteiger partial charge is 0.416 e. The topological polar surface area (TPSA) is 46.6 Å². The fraction of sp³-hybridized carbons (Fsp3) is 0.385. The maximum Gasteiger partial charge on any atom is 0.416 e. The molecule has 0 N–H and O–H groups in total. The predicted molar refractivity (Wildman–Crippen MR) is 63.1 cm³/mol. The van der Waals surface area contributed by atoms with Crippen molar-refractivity contribution in [3.63, 3.8) is 0 Å². The van der Waals surface area contributed by atoms with Crippen LogP contribution in [0.3, 0.4) is 0 Å². The van der Waals surface area contributed by atoms with Crippen LogP contribution in [0.1, 0.15) is 21.5 Å². The van der Waals surface area contributed by atoms with Crippen LogP contribution in [0.5, 0.6) is 0 Å². The van der Waals surface area contributed by atoms with Gasteiger partial charge in [-0.25, -0.2) is 0 Å². The minimum Gasteiger partial charge on any atom is -0.468 e. The Hall–Kier alpha value is -2.05. The summed E-state index contributed by atoms with van der Waals surface area (Å²) >= 11 is 0. The van der Waals surface area contributed by atoms with Gasteiger partial charge in [-0.3, -0.25) is 9.59 Å². The van der Waals surface area contributed by atoms with Crippen LogP contribution in [0.25, 0.3) is 0 Å². The van der Waals surface area contributed by atoms with Crippen LogP contribution in [-0.2, 0) is 22.1 Å². The summed E-state index contributed by atoms with van der Waals surface area (Å²) in [5.74, 6) is -1.18. The number of hydrogen-bond donors (Lipinski definition) is 0. The molecule has 1 aliphatic heterocycles. The van der Waals surface area contributed by atoms with E-state index in [1.165, 1.54) is 24.1 Å². The molecule has 0 fully saturated rings. The first-order valence-corrected chi connectivity index (χ1v) is 5.89. The third-order valence-electron chi connectivity index (χ3n) is 3.18. The SMILES string of the molecule is COC(=O)CN1CCc2c(cccc2C(F)(F)F)C1=O. The Kier molecular flexibility index (Phi) is 3.69. The van der Waals surface area contributed by atoms with Crippen molar-refractivity contribution in [2.75, 3.05) is 20.2 Å². The molecule has 0 saturated heterocycles. The zero-order chi connectivity index (χ0) is 14.9. The Bertz CT molecular complexity index is 554. The van der Waals surface area contributed by atoms with Crippen LogP contribution < -0.4 is 0 Å². The zero-order valence-corrected chi connectivity index (χ0v) is 10.7. The molecule has 0 aromatic heterocycles. The second-order valence-corrected chi connectivity index (χ2v) is 4.38. The van der Waals surface area contributed by atoms with Crippen molar-refractivity contribution in [2.24, 2.45) is 0 Å². The summed E-state index contributed by atoms with van der Waals surface area (Å²) in [5, 5.41) is 0. The van der Waals surface area contributed by atoms with Crippen molar-refractivity contribution in [3.8, 4) is 0 Å². The molecule has 0 atom stereocenters.